The van der Waals surface area contributed by atoms with Crippen LogP contribution in [0.3, 0.4) is 0 Å². The van der Waals surface area contributed by atoms with Crippen molar-refractivity contribution < 1.29 is 9.84 Å². The molecule has 3 heteroatoms. The predicted molar refractivity (Wildman–Crippen MR) is 30.0 cm³/mol. The third-order valence-electron chi connectivity index (χ3n) is 0.687. The molecule has 0 atom stereocenters. The van der Waals surface area contributed by atoms with Gasteiger partial charge >= 0.3 is 0 Å². The summed E-state index contributed by atoms with van der Waals surface area (Å²) in [5, 5.41) is 12.6. The van der Waals surface area contributed by atoms with Crippen molar-refractivity contribution in [3.63, 3.8) is 0 Å². The van der Waals surface area contributed by atoms with E-state index in [1.807, 2.05) is 6.92 Å². The standard InChI is InChI=1S/C5H12NO2/c1-2-8-5-6-3-4-7/h6H,2-5H2,1H3. The molecule has 8 heavy (non-hydrogen) atoms. The highest BCUT2D eigenvalue weighted by molar-refractivity contribution is 4.32. The van der Waals surface area contributed by atoms with Crippen molar-refractivity contribution >= 4 is 0 Å². The Balaban J connectivity index is 2.53. The van der Waals surface area contributed by atoms with Gasteiger partial charge < -0.3 is 4.74 Å². The molecule has 0 saturated carbocycles. The number of rotatable bonds is 5. The van der Waals surface area contributed by atoms with E-state index in [0.29, 0.717) is 19.9 Å². The second kappa shape index (κ2) is 6.88. The zero-order valence-electron chi connectivity index (χ0n) is 5.14. The molecule has 0 heterocycles. The average molecular weight is 118 g/mol. The van der Waals surface area contributed by atoms with Gasteiger partial charge in [-0.1, -0.05) is 0 Å². The first-order chi connectivity index (χ1) is 3.91. The largest absolute Gasteiger partial charge is 0.367 e. The summed E-state index contributed by atoms with van der Waals surface area (Å²) in [7, 11) is 0. The summed E-state index contributed by atoms with van der Waals surface area (Å²) in [6.45, 7) is 3.54. The summed E-state index contributed by atoms with van der Waals surface area (Å²) in [6.07, 6.45) is 0. The molecule has 0 bridgehead atoms. The summed E-state index contributed by atoms with van der Waals surface area (Å²) in [6, 6.07) is 0. The molecule has 0 rings (SSSR count). The van der Waals surface area contributed by atoms with E-state index in [9.17, 15) is 5.11 Å². The first-order valence-electron chi connectivity index (χ1n) is 2.78. The average Bonchev–Trinajstić information content (AvgIpc) is 1.81. The Morgan fingerprint density at radius 2 is 2.38 bits per heavy atom. The van der Waals surface area contributed by atoms with Crippen LogP contribution in [0.5, 0.6) is 0 Å². The van der Waals surface area contributed by atoms with Gasteiger partial charge in [0, 0.05) is 13.2 Å². The van der Waals surface area contributed by atoms with Crippen LogP contribution in [-0.4, -0.2) is 26.5 Å². The van der Waals surface area contributed by atoms with E-state index in [2.05, 4.69) is 5.32 Å². The van der Waals surface area contributed by atoms with E-state index in [1.165, 1.54) is 0 Å². The fourth-order valence-electron chi connectivity index (χ4n) is 0.319. The molecular weight excluding hydrogens is 106 g/mol. The van der Waals surface area contributed by atoms with Gasteiger partial charge in [-0.3, -0.25) is 5.32 Å². The van der Waals surface area contributed by atoms with Crippen LogP contribution >= 0.6 is 0 Å². The van der Waals surface area contributed by atoms with Crippen LogP contribution in [0, 0.1) is 0 Å². The fraction of sp³-hybridized carbons (Fsp3) is 1.00. The molecule has 49 valence electrons. The van der Waals surface area contributed by atoms with E-state index < -0.39 is 0 Å². The molecule has 0 aliphatic carbocycles. The Morgan fingerprint density at radius 3 is 2.88 bits per heavy atom. The summed E-state index contributed by atoms with van der Waals surface area (Å²) in [5.41, 5.74) is 0. The molecule has 1 N–H and O–H groups in total. The monoisotopic (exact) mass is 118 g/mol. The van der Waals surface area contributed by atoms with Crippen LogP contribution < -0.4 is 5.32 Å². The predicted octanol–water partition coefficient (Wildman–Crippen LogP) is 0.000500. The van der Waals surface area contributed by atoms with E-state index >= 15 is 0 Å². The summed E-state index contributed by atoms with van der Waals surface area (Å²) in [4.78, 5) is 0. The Morgan fingerprint density at radius 1 is 1.62 bits per heavy atom. The minimum atomic E-state index is -0.0763. The van der Waals surface area contributed by atoms with Gasteiger partial charge in [0.05, 0.1) is 13.3 Å². The third-order valence-corrected chi connectivity index (χ3v) is 0.687. The van der Waals surface area contributed by atoms with E-state index in [4.69, 9.17) is 4.74 Å². The van der Waals surface area contributed by atoms with Crippen molar-refractivity contribution in [2.75, 3.05) is 26.5 Å². The highest BCUT2D eigenvalue weighted by Gasteiger charge is 1.80. The van der Waals surface area contributed by atoms with Crippen LogP contribution in [0.2, 0.25) is 0 Å². The lowest BCUT2D eigenvalue weighted by Gasteiger charge is -1.99. The highest BCUT2D eigenvalue weighted by Crippen LogP contribution is 1.65. The molecule has 0 amide bonds. The molecule has 3 nitrogen and oxygen atoms in total. The molecule has 1 radical (unpaired) electrons. The summed E-state index contributed by atoms with van der Waals surface area (Å²) < 4.78 is 4.89. The van der Waals surface area contributed by atoms with Gasteiger partial charge in [0.2, 0.25) is 0 Å². The molecule has 0 saturated heterocycles. The lowest BCUT2D eigenvalue weighted by Crippen LogP contribution is -2.20. The van der Waals surface area contributed by atoms with Crippen molar-refractivity contribution in [1.29, 1.82) is 0 Å². The quantitative estimate of drug-likeness (QED) is 0.408. The van der Waals surface area contributed by atoms with E-state index in [1.54, 1.807) is 0 Å². The topological polar surface area (TPSA) is 41.2 Å². The zero-order chi connectivity index (χ0) is 6.24. The van der Waals surface area contributed by atoms with Gasteiger partial charge in [-0.05, 0) is 6.92 Å². The molecule has 0 aliphatic rings. The van der Waals surface area contributed by atoms with Crippen molar-refractivity contribution in [1.82, 2.24) is 5.32 Å². The van der Waals surface area contributed by atoms with Crippen molar-refractivity contribution in [2.24, 2.45) is 0 Å². The van der Waals surface area contributed by atoms with Gasteiger partial charge in [0.1, 0.15) is 0 Å². The maximum atomic E-state index is 9.77. The van der Waals surface area contributed by atoms with Crippen molar-refractivity contribution in [2.45, 2.75) is 6.92 Å². The zero-order valence-corrected chi connectivity index (χ0v) is 5.14. The maximum Gasteiger partial charge on any atom is 0.0965 e. The van der Waals surface area contributed by atoms with E-state index in [0.717, 1.165) is 0 Å². The highest BCUT2D eigenvalue weighted by atomic mass is 16.5. The fourth-order valence-corrected chi connectivity index (χ4v) is 0.319. The molecule has 0 aliphatic heterocycles. The van der Waals surface area contributed by atoms with Crippen molar-refractivity contribution in [3.8, 4) is 0 Å². The van der Waals surface area contributed by atoms with Crippen LogP contribution in [0.15, 0.2) is 0 Å². The number of hydrogen-bond donors (Lipinski definition) is 1. The first kappa shape index (κ1) is 7.88. The molecule has 0 aromatic rings. The lowest BCUT2D eigenvalue weighted by molar-refractivity contribution is 0.115. The molecule has 0 fully saturated rings. The van der Waals surface area contributed by atoms with Crippen LogP contribution in [0.4, 0.5) is 0 Å². The summed E-state index contributed by atoms with van der Waals surface area (Å²) in [5.74, 6) is 0. The second-order valence-corrected chi connectivity index (χ2v) is 1.34. The Labute approximate surface area is 49.7 Å². The molecule has 0 aromatic carbocycles. The van der Waals surface area contributed by atoms with E-state index in [-0.39, 0.29) is 6.61 Å². The second-order valence-electron chi connectivity index (χ2n) is 1.34. The van der Waals surface area contributed by atoms with Gasteiger partial charge in [-0.25, -0.2) is 5.11 Å². The Bertz CT molecular complexity index is 35.4. The SMILES string of the molecule is CCOCNCC[O]. The molecule has 0 aromatic heterocycles. The smallest absolute Gasteiger partial charge is 0.0965 e. The van der Waals surface area contributed by atoms with Gasteiger partial charge in [-0.15, -0.1) is 0 Å². The first-order valence-corrected chi connectivity index (χ1v) is 2.78. The van der Waals surface area contributed by atoms with Crippen LogP contribution in [0.1, 0.15) is 6.92 Å². The summed E-state index contributed by atoms with van der Waals surface area (Å²) >= 11 is 0. The Hall–Kier alpha value is -0.120. The van der Waals surface area contributed by atoms with Gasteiger partial charge in [0.25, 0.3) is 0 Å². The number of ether oxygens (including phenoxy) is 1. The number of hydrogen-bond acceptors (Lipinski definition) is 2. The third kappa shape index (κ3) is 5.88. The lowest BCUT2D eigenvalue weighted by atomic mass is 10.7. The van der Waals surface area contributed by atoms with Gasteiger partial charge in [-0.2, -0.15) is 0 Å². The number of nitrogens with one attached hydrogen (secondary N) is 1. The molecule has 0 spiro atoms. The molecule has 0 unspecified atom stereocenters. The van der Waals surface area contributed by atoms with Crippen molar-refractivity contribution in [3.05, 3.63) is 0 Å². The minimum absolute atomic E-state index is 0.0763. The normalized spacial score (nSPS) is 9.75. The minimum Gasteiger partial charge on any atom is -0.367 e. The molecular formula is C5H12NO2. The Kier molecular flexibility index (Phi) is 6.78. The van der Waals surface area contributed by atoms with Crippen LogP contribution in [0.25, 0.3) is 0 Å². The van der Waals surface area contributed by atoms with Crippen LogP contribution in [-0.2, 0) is 9.84 Å². The van der Waals surface area contributed by atoms with Gasteiger partial charge in [0.15, 0.2) is 0 Å². The maximum absolute atomic E-state index is 9.77.